The van der Waals surface area contributed by atoms with Gasteiger partial charge < -0.3 is 14.3 Å². The van der Waals surface area contributed by atoms with Gasteiger partial charge in [-0.1, -0.05) is 51.3 Å². The molecule has 0 aliphatic heterocycles. The first kappa shape index (κ1) is 36.9. The van der Waals surface area contributed by atoms with E-state index in [0.29, 0.717) is 22.6 Å². The largest absolute Gasteiger partial charge is 0.423 e. The second kappa shape index (κ2) is 13.9. The van der Waals surface area contributed by atoms with Crippen LogP contribution >= 0.6 is 47.8 Å². The van der Waals surface area contributed by atoms with Crippen LogP contribution < -0.4 is 4.90 Å². The number of aromatic nitrogens is 1. The van der Waals surface area contributed by atoms with Gasteiger partial charge in [-0.05, 0) is 74.9 Å². The molecule has 0 aliphatic rings. The van der Waals surface area contributed by atoms with Gasteiger partial charge in [-0.2, -0.15) is 8.78 Å². The summed E-state index contributed by atoms with van der Waals surface area (Å²) in [5.41, 5.74) is -0.707. The Kier molecular flexibility index (Phi) is 10.9. The van der Waals surface area contributed by atoms with E-state index in [2.05, 4.69) is 30.2 Å². The lowest BCUT2D eigenvalue weighted by Gasteiger charge is -2.34. The third-order valence-electron chi connectivity index (χ3n) is 6.62. The van der Waals surface area contributed by atoms with Gasteiger partial charge in [0.1, 0.15) is 0 Å². The normalized spacial score (nSPS) is 13.7. The molecule has 250 valence electrons. The van der Waals surface area contributed by atoms with Gasteiger partial charge >= 0.3 is 32.6 Å². The molecule has 1 atom stereocenters. The van der Waals surface area contributed by atoms with Crippen molar-refractivity contribution in [2.45, 2.75) is 44.1 Å². The molecule has 10 nitrogen and oxygen atoms in total. The second-order valence-electron chi connectivity index (χ2n) is 11.3. The fraction of sp³-hybridized carbons (Fsp3) is 0.267. The maximum atomic E-state index is 15.7. The van der Waals surface area contributed by atoms with Crippen molar-refractivity contribution in [1.29, 1.82) is 0 Å². The first-order valence-electron chi connectivity index (χ1n) is 13.4. The number of alkyl halides is 2. The molecule has 1 N–H and O–H groups in total. The number of anilines is 2. The van der Waals surface area contributed by atoms with E-state index in [1.807, 2.05) is 0 Å². The molecule has 1 heterocycles. The van der Waals surface area contributed by atoms with E-state index >= 15 is 8.78 Å². The van der Waals surface area contributed by atoms with Gasteiger partial charge in [0.15, 0.2) is 15.6 Å². The maximum Gasteiger partial charge on any atom is 0.409 e. The van der Waals surface area contributed by atoms with Crippen molar-refractivity contribution in [2.24, 2.45) is 5.41 Å². The number of nitrogens with zero attached hydrogens (tertiary/aromatic N) is 2. The standard InChI is InChI=1S/C30H26BrCl2F2N2O8PS/c1-28(2,3)26(38)44-30(39,45-46-40)29(34,35)21-11-5-17(13-22(21)31)16-37(19-8-12-23(32)24(33)14-19)27-36-15-25(43-27)18-6-9-20(10-7-18)47(4,41)42/h5-15,39H,16H2,1-4H3. The summed E-state index contributed by atoms with van der Waals surface area (Å²) in [6, 6.07) is 14.4. The van der Waals surface area contributed by atoms with Crippen molar-refractivity contribution in [1.82, 2.24) is 4.98 Å². The molecule has 0 radical (unpaired) electrons. The van der Waals surface area contributed by atoms with E-state index in [1.165, 1.54) is 51.2 Å². The zero-order chi connectivity index (χ0) is 34.9. The number of halogens is 5. The molecule has 0 saturated carbocycles. The summed E-state index contributed by atoms with van der Waals surface area (Å²) >= 11 is 15.5. The first-order valence-corrected chi connectivity index (χ1v) is 17.6. The average Bonchev–Trinajstić information content (AvgIpc) is 3.46. The predicted molar refractivity (Wildman–Crippen MR) is 175 cm³/mol. The minimum Gasteiger partial charge on any atom is -0.423 e. The molecule has 3 aromatic carbocycles. The highest BCUT2D eigenvalue weighted by molar-refractivity contribution is 9.10. The van der Waals surface area contributed by atoms with Crippen molar-refractivity contribution in [2.75, 3.05) is 11.2 Å². The number of sulfone groups is 1. The van der Waals surface area contributed by atoms with Crippen LogP contribution in [0.4, 0.5) is 20.5 Å². The zero-order valence-corrected chi connectivity index (χ0v) is 29.8. The SMILES string of the molecule is CC(C)(C)C(=O)OC(O)(OP=O)C(F)(F)c1ccc(CN(c2ccc(Cl)c(Cl)c2)c2ncc(-c3ccc(S(C)(=O)=O)cc3)o2)cc1Br. The molecule has 0 spiro atoms. The molecule has 17 heteroatoms. The quantitative estimate of drug-likeness (QED) is 0.0892. The minimum absolute atomic E-state index is 0.0195. The van der Waals surface area contributed by atoms with Gasteiger partial charge in [0.05, 0.1) is 33.1 Å². The molecule has 4 aromatic rings. The molecule has 47 heavy (non-hydrogen) atoms. The summed E-state index contributed by atoms with van der Waals surface area (Å²) in [4.78, 5) is 18.5. The summed E-state index contributed by atoms with van der Waals surface area (Å²) in [6.45, 7) is 4.10. The lowest BCUT2D eigenvalue weighted by Crippen LogP contribution is -2.52. The number of hydrogen-bond acceptors (Lipinski definition) is 10. The van der Waals surface area contributed by atoms with E-state index in [-0.39, 0.29) is 32.0 Å². The predicted octanol–water partition coefficient (Wildman–Crippen LogP) is 8.70. The van der Waals surface area contributed by atoms with E-state index in [0.717, 1.165) is 12.3 Å². The number of esters is 1. The number of carbonyl (C=O) groups is 1. The fourth-order valence-electron chi connectivity index (χ4n) is 4.05. The summed E-state index contributed by atoms with van der Waals surface area (Å²) < 4.78 is 81.1. The third-order valence-corrected chi connectivity index (χ3v) is 9.47. The van der Waals surface area contributed by atoms with Gasteiger partial charge in [-0.3, -0.25) is 9.69 Å². The molecule has 0 aliphatic carbocycles. The van der Waals surface area contributed by atoms with Gasteiger partial charge in [-0.25, -0.2) is 22.5 Å². The van der Waals surface area contributed by atoms with Crippen molar-refractivity contribution < 1.29 is 45.3 Å². The molecule has 0 fully saturated rings. The van der Waals surface area contributed by atoms with Crippen LogP contribution in [0.15, 0.2) is 80.6 Å². The molecule has 1 unspecified atom stereocenters. The summed E-state index contributed by atoms with van der Waals surface area (Å²) in [7, 11) is -4.78. The van der Waals surface area contributed by atoms with Gasteiger partial charge in [0.2, 0.25) is 0 Å². The fourth-order valence-corrected chi connectivity index (χ4v) is 5.90. The Hall–Kier alpha value is -2.97. The Morgan fingerprint density at radius 3 is 2.28 bits per heavy atom. The minimum atomic E-state index is -4.41. The molecular formula is C30H26BrCl2F2N2O8PS. The Bertz CT molecular complexity index is 1920. The third kappa shape index (κ3) is 8.19. The van der Waals surface area contributed by atoms with Gasteiger partial charge in [-0.15, -0.1) is 0 Å². The highest BCUT2D eigenvalue weighted by atomic mass is 79.9. The van der Waals surface area contributed by atoms with E-state index in [1.54, 1.807) is 35.2 Å². The van der Waals surface area contributed by atoms with Gasteiger partial charge in [0.25, 0.3) is 0 Å². The van der Waals surface area contributed by atoms with Crippen LogP contribution in [0, 0.1) is 5.41 Å². The summed E-state index contributed by atoms with van der Waals surface area (Å²) in [5.74, 6) is -9.24. The Balaban J connectivity index is 1.71. The van der Waals surface area contributed by atoms with Crippen LogP contribution in [0.2, 0.25) is 10.0 Å². The highest BCUT2D eigenvalue weighted by Crippen LogP contribution is 2.46. The smallest absolute Gasteiger partial charge is 0.409 e. The number of hydrogen-bond donors (Lipinski definition) is 1. The van der Waals surface area contributed by atoms with Crippen molar-refractivity contribution >= 4 is 75.3 Å². The first-order chi connectivity index (χ1) is 21.8. The lowest BCUT2D eigenvalue weighted by atomic mass is 9.97. The summed E-state index contributed by atoms with van der Waals surface area (Å²) in [5, 5.41) is 11.1. The zero-order valence-electron chi connectivity index (χ0n) is 25.0. The highest BCUT2D eigenvalue weighted by Gasteiger charge is 2.62. The van der Waals surface area contributed by atoms with Crippen LogP contribution in [0.1, 0.15) is 31.9 Å². The second-order valence-corrected chi connectivity index (χ2v) is 15.3. The van der Waals surface area contributed by atoms with Crippen molar-refractivity contribution in [3.63, 3.8) is 0 Å². The van der Waals surface area contributed by atoms with E-state index < -0.39 is 47.4 Å². The van der Waals surface area contributed by atoms with Crippen LogP contribution in [0.3, 0.4) is 0 Å². The maximum absolute atomic E-state index is 15.7. The lowest BCUT2D eigenvalue weighted by molar-refractivity contribution is -0.397. The number of ether oxygens (including phenoxy) is 1. The summed E-state index contributed by atoms with van der Waals surface area (Å²) in [6.07, 6.45) is 2.53. The molecule has 1 aromatic heterocycles. The molecular weight excluding hydrogens is 768 g/mol. The van der Waals surface area contributed by atoms with E-state index in [4.69, 9.17) is 27.6 Å². The van der Waals surface area contributed by atoms with Crippen LogP contribution in [0.25, 0.3) is 11.3 Å². The average molecular weight is 794 g/mol. The number of rotatable bonds is 11. The van der Waals surface area contributed by atoms with Crippen molar-refractivity contribution in [3.8, 4) is 11.3 Å². The van der Waals surface area contributed by atoms with Crippen LogP contribution in [-0.2, 0) is 40.9 Å². The molecule has 4 rings (SSSR count). The number of carbonyl (C=O) groups excluding carboxylic acids is 1. The molecule has 0 saturated heterocycles. The Morgan fingerprint density at radius 2 is 1.72 bits per heavy atom. The van der Waals surface area contributed by atoms with Crippen LogP contribution in [-0.4, -0.2) is 36.7 Å². The monoisotopic (exact) mass is 792 g/mol. The van der Waals surface area contributed by atoms with Gasteiger partial charge in [0, 0.05) is 27.5 Å². The Labute approximate surface area is 288 Å². The van der Waals surface area contributed by atoms with E-state index in [9.17, 15) is 22.9 Å². The molecule has 0 bridgehead atoms. The van der Waals surface area contributed by atoms with Crippen molar-refractivity contribution in [3.05, 3.63) is 92.5 Å². The number of oxazole rings is 1. The molecule has 0 amide bonds. The number of aliphatic hydroxyl groups is 1. The van der Waals surface area contributed by atoms with Crippen LogP contribution in [0.5, 0.6) is 0 Å². The Morgan fingerprint density at radius 1 is 1.06 bits per heavy atom. The number of benzene rings is 3. The topological polar surface area (TPSA) is 136 Å².